The van der Waals surface area contributed by atoms with E-state index < -0.39 is 5.82 Å². The summed E-state index contributed by atoms with van der Waals surface area (Å²) < 4.78 is 15.5. The molecule has 1 heterocycles. The molecule has 0 amide bonds. The monoisotopic (exact) mass is 375 g/mol. The summed E-state index contributed by atoms with van der Waals surface area (Å²) in [5.41, 5.74) is 2.13. The number of halogens is 1. The van der Waals surface area contributed by atoms with Crippen LogP contribution in [0.15, 0.2) is 82.6 Å². The Balaban J connectivity index is 0.00000225. The summed E-state index contributed by atoms with van der Waals surface area (Å²) in [6, 6.07) is 21.1. The fraction of sp³-hybridized carbons (Fsp3) is 0.0455. The molecule has 0 fully saturated rings. The predicted octanol–water partition coefficient (Wildman–Crippen LogP) is 3.42. The molecule has 0 atom stereocenters. The smallest absolute Gasteiger partial charge is 0.279 e. The molecule has 0 unspecified atom stereocenters. The summed E-state index contributed by atoms with van der Waals surface area (Å²) in [4.78, 5) is 17.0. The second-order valence-corrected chi connectivity index (χ2v) is 6.08. The highest BCUT2D eigenvalue weighted by atomic mass is 19.1. The molecule has 0 spiro atoms. The van der Waals surface area contributed by atoms with Crippen LogP contribution in [0.2, 0.25) is 0 Å². The number of benzene rings is 3. The van der Waals surface area contributed by atoms with E-state index in [4.69, 9.17) is 0 Å². The summed E-state index contributed by atoms with van der Waals surface area (Å²) in [5.74, 6) is -0.500. The van der Waals surface area contributed by atoms with Gasteiger partial charge in [-0.1, -0.05) is 48.5 Å². The van der Waals surface area contributed by atoms with Gasteiger partial charge in [-0.05, 0) is 29.8 Å². The molecule has 0 saturated carbocycles. The molecule has 0 aliphatic rings. The van der Waals surface area contributed by atoms with E-state index in [0.29, 0.717) is 11.1 Å². The third-order valence-corrected chi connectivity index (χ3v) is 4.32. The highest BCUT2D eigenvalue weighted by Gasteiger charge is 2.15. The second kappa shape index (κ2) is 7.94. The van der Waals surface area contributed by atoms with Gasteiger partial charge in [0.1, 0.15) is 11.5 Å². The molecule has 28 heavy (non-hydrogen) atoms. The Morgan fingerprint density at radius 1 is 0.964 bits per heavy atom. The van der Waals surface area contributed by atoms with Crippen LogP contribution >= 0.6 is 0 Å². The van der Waals surface area contributed by atoms with E-state index >= 15 is 0 Å². The lowest BCUT2D eigenvalue weighted by Gasteiger charge is -2.12. The molecule has 0 bridgehead atoms. The Labute approximate surface area is 160 Å². The minimum atomic E-state index is -0.500. The van der Waals surface area contributed by atoms with Crippen molar-refractivity contribution in [2.24, 2.45) is 4.99 Å². The van der Waals surface area contributed by atoms with E-state index in [2.05, 4.69) is 10.1 Å². The number of para-hydroxylation sites is 1. The van der Waals surface area contributed by atoms with Gasteiger partial charge in [0.05, 0.1) is 11.1 Å². The van der Waals surface area contributed by atoms with Gasteiger partial charge >= 0.3 is 0 Å². The van der Waals surface area contributed by atoms with E-state index in [-0.39, 0.29) is 16.7 Å². The summed E-state index contributed by atoms with van der Waals surface area (Å²) in [6.45, 7) is 0. The topological polar surface area (TPSA) is 78.8 Å². The summed E-state index contributed by atoms with van der Waals surface area (Å²) >= 11 is 0. The zero-order valence-electron chi connectivity index (χ0n) is 15.1. The molecule has 1 aromatic heterocycles. The standard InChI is InChI=1S/C22H16FN3O.H2O/c1-24-14-15-7-6-8-16(13-15)21-17-9-2-3-10-18(17)22(27)26(25-21)20-12-5-4-11-19(20)23;/h2-14H,1H3;1H2. The van der Waals surface area contributed by atoms with Crippen molar-refractivity contribution in [3.8, 4) is 16.9 Å². The van der Waals surface area contributed by atoms with Crippen molar-refractivity contribution in [2.75, 3.05) is 7.05 Å². The Morgan fingerprint density at radius 2 is 1.68 bits per heavy atom. The van der Waals surface area contributed by atoms with Crippen LogP contribution < -0.4 is 5.56 Å². The van der Waals surface area contributed by atoms with Crippen molar-refractivity contribution in [1.82, 2.24) is 9.78 Å². The van der Waals surface area contributed by atoms with Crippen molar-refractivity contribution in [3.63, 3.8) is 0 Å². The molecule has 4 rings (SSSR count). The average Bonchev–Trinajstić information content (AvgIpc) is 2.70. The largest absolute Gasteiger partial charge is 0.412 e. The number of aromatic nitrogens is 2. The Morgan fingerprint density at radius 3 is 2.43 bits per heavy atom. The van der Waals surface area contributed by atoms with Gasteiger partial charge in [-0.25, -0.2) is 4.39 Å². The summed E-state index contributed by atoms with van der Waals surface area (Å²) in [6.07, 6.45) is 1.75. The maximum atomic E-state index is 14.3. The van der Waals surface area contributed by atoms with Crippen LogP contribution in [0.1, 0.15) is 5.56 Å². The number of hydrogen-bond acceptors (Lipinski definition) is 3. The molecule has 140 valence electrons. The quantitative estimate of drug-likeness (QED) is 0.514. The number of hydrogen-bond donors (Lipinski definition) is 0. The first kappa shape index (κ1) is 19.1. The first-order valence-corrected chi connectivity index (χ1v) is 8.48. The first-order valence-electron chi connectivity index (χ1n) is 8.48. The molecule has 0 aliphatic heterocycles. The maximum absolute atomic E-state index is 14.3. The SMILES string of the molecule is CN=Cc1cccc(-c2nn(-c3ccccc3F)c(=O)c3ccccc23)c1.O. The van der Waals surface area contributed by atoms with E-state index in [0.717, 1.165) is 21.2 Å². The normalized spacial score (nSPS) is 10.9. The minimum Gasteiger partial charge on any atom is -0.412 e. The number of nitrogens with zero attached hydrogens (tertiary/aromatic N) is 3. The zero-order chi connectivity index (χ0) is 18.8. The first-order chi connectivity index (χ1) is 13.2. The highest BCUT2D eigenvalue weighted by Crippen LogP contribution is 2.26. The lowest BCUT2D eigenvalue weighted by atomic mass is 10.0. The van der Waals surface area contributed by atoms with Crippen LogP contribution in [0.4, 0.5) is 4.39 Å². The Kier molecular flexibility index (Phi) is 5.42. The number of aliphatic imine (C=N–C) groups is 1. The maximum Gasteiger partial charge on any atom is 0.279 e. The van der Waals surface area contributed by atoms with E-state index in [1.54, 1.807) is 43.6 Å². The van der Waals surface area contributed by atoms with Crippen LogP contribution in [0.3, 0.4) is 0 Å². The molecular formula is C22H18FN3O2. The molecule has 0 aliphatic carbocycles. The van der Waals surface area contributed by atoms with Gasteiger partial charge in [0.15, 0.2) is 0 Å². The van der Waals surface area contributed by atoms with Crippen molar-refractivity contribution >= 4 is 17.0 Å². The fourth-order valence-corrected chi connectivity index (χ4v) is 3.10. The number of rotatable bonds is 3. The van der Waals surface area contributed by atoms with Gasteiger partial charge in [0, 0.05) is 24.2 Å². The molecular weight excluding hydrogens is 357 g/mol. The lowest BCUT2D eigenvalue weighted by Crippen LogP contribution is -2.23. The van der Waals surface area contributed by atoms with Gasteiger partial charge in [-0.2, -0.15) is 9.78 Å². The Hall–Kier alpha value is -3.64. The summed E-state index contributed by atoms with van der Waals surface area (Å²) in [7, 11) is 1.71. The molecule has 5 nitrogen and oxygen atoms in total. The van der Waals surface area contributed by atoms with Crippen LogP contribution in [0.5, 0.6) is 0 Å². The second-order valence-electron chi connectivity index (χ2n) is 6.08. The van der Waals surface area contributed by atoms with Crippen LogP contribution in [-0.4, -0.2) is 28.5 Å². The van der Waals surface area contributed by atoms with E-state index in [1.165, 1.54) is 6.07 Å². The highest BCUT2D eigenvalue weighted by molar-refractivity contribution is 5.95. The van der Waals surface area contributed by atoms with Gasteiger partial charge in [0.25, 0.3) is 5.56 Å². The van der Waals surface area contributed by atoms with Gasteiger partial charge < -0.3 is 5.48 Å². The molecule has 6 heteroatoms. The molecule has 0 saturated heterocycles. The number of fused-ring (bicyclic) bond motifs is 1. The van der Waals surface area contributed by atoms with E-state index in [9.17, 15) is 9.18 Å². The Bertz CT molecular complexity index is 1230. The van der Waals surface area contributed by atoms with Crippen LogP contribution in [-0.2, 0) is 0 Å². The van der Waals surface area contributed by atoms with Gasteiger partial charge in [-0.15, -0.1) is 0 Å². The van der Waals surface area contributed by atoms with Gasteiger partial charge in [0.2, 0.25) is 0 Å². The van der Waals surface area contributed by atoms with Crippen molar-refractivity contribution in [2.45, 2.75) is 0 Å². The zero-order valence-corrected chi connectivity index (χ0v) is 15.1. The molecule has 3 aromatic carbocycles. The molecule has 4 aromatic rings. The van der Waals surface area contributed by atoms with Crippen molar-refractivity contribution < 1.29 is 9.87 Å². The molecule has 2 N–H and O–H groups in total. The minimum absolute atomic E-state index is 0. The fourth-order valence-electron chi connectivity index (χ4n) is 3.10. The van der Waals surface area contributed by atoms with Crippen molar-refractivity contribution in [1.29, 1.82) is 0 Å². The average molecular weight is 375 g/mol. The molecule has 0 radical (unpaired) electrons. The van der Waals surface area contributed by atoms with E-state index in [1.807, 2.05) is 36.4 Å². The lowest BCUT2D eigenvalue weighted by molar-refractivity contribution is 0.607. The van der Waals surface area contributed by atoms with Crippen LogP contribution in [0.25, 0.3) is 27.7 Å². The summed E-state index contributed by atoms with van der Waals surface area (Å²) in [5, 5.41) is 5.73. The van der Waals surface area contributed by atoms with Crippen LogP contribution in [0, 0.1) is 5.82 Å². The van der Waals surface area contributed by atoms with Crippen molar-refractivity contribution in [3.05, 3.63) is 94.5 Å². The van der Waals surface area contributed by atoms with Gasteiger partial charge in [-0.3, -0.25) is 9.79 Å². The predicted molar refractivity (Wildman–Crippen MR) is 110 cm³/mol. The third kappa shape index (κ3) is 3.33. The third-order valence-electron chi connectivity index (χ3n) is 4.32.